The molecule has 6 aromatic rings. The fourth-order valence-electron chi connectivity index (χ4n) is 7.53. The van der Waals surface area contributed by atoms with E-state index in [2.05, 4.69) is 25.6 Å². The van der Waals surface area contributed by atoms with Gasteiger partial charge in [-0.3, -0.25) is 34.6 Å². The molecule has 2 amide bonds. The van der Waals surface area contributed by atoms with Crippen LogP contribution in [0.3, 0.4) is 0 Å². The Hall–Kier alpha value is -8.41. The lowest BCUT2D eigenvalue weighted by atomic mass is 9.99. The van der Waals surface area contributed by atoms with Gasteiger partial charge < -0.3 is 41.4 Å². The number of carbonyl (C=O) groups is 3. The number of nitro groups is 2. The Morgan fingerprint density at radius 1 is 0.507 bits per heavy atom. The number of nitrogen functional groups attached to an aromatic ring is 2. The van der Waals surface area contributed by atoms with Gasteiger partial charge in [0.15, 0.2) is 5.82 Å². The number of carbonyl (C=O) groups excluding carboxylic acids is 2. The van der Waals surface area contributed by atoms with E-state index in [4.69, 9.17) is 30.8 Å². The van der Waals surface area contributed by atoms with Crippen LogP contribution in [0, 0.1) is 55.4 Å². The first kappa shape index (κ1) is 57.5. The molecule has 7 N–H and O–H groups in total. The molecular weight excluding hydrogens is 984 g/mol. The summed E-state index contributed by atoms with van der Waals surface area (Å²) in [6, 6.07) is 26.2. The number of nitrogens with two attached hydrogens (primary N) is 2. The smallest absolute Gasteiger partial charge is 0.311 e. The molecule has 3 aromatic carbocycles. The average molecular weight is 1040 g/mol. The first-order chi connectivity index (χ1) is 35.6. The zero-order chi connectivity index (χ0) is 53.1. The monoisotopic (exact) mass is 1040 g/mol. The summed E-state index contributed by atoms with van der Waals surface area (Å²) < 4.78 is 54.2. The van der Waals surface area contributed by atoms with Crippen LogP contribution in [-0.4, -0.2) is 87.3 Å². The molecular formula is C52H56F3N9O11. The van der Waals surface area contributed by atoms with Gasteiger partial charge >= 0.3 is 17.3 Å². The topological polar surface area (TPSA) is 300 Å². The van der Waals surface area contributed by atoms with Crippen molar-refractivity contribution in [3.05, 3.63) is 147 Å². The van der Waals surface area contributed by atoms with E-state index in [1.807, 2.05) is 0 Å². The van der Waals surface area contributed by atoms with Gasteiger partial charge in [0.25, 0.3) is 0 Å². The van der Waals surface area contributed by atoms with Gasteiger partial charge in [-0.1, -0.05) is 7.43 Å². The van der Waals surface area contributed by atoms with Crippen LogP contribution in [-0.2, 0) is 28.6 Å². The predicted molar refractivity (Wildman–Crippen MR) is 273 cm³/mol. The minimum absolute atomic E-state index is 0. The molecule has 3 aliphatic rings. The summed E-state index contributed by atoms with van der Waals surface area (Å²) in [4.78, 5) is 68.0. The van der Waals surface area contributed by atoms with Crippen molar-refractivity contribution in [2.24, 2.45) is 17.8 Å². The van der Waals surface area contributed by atoms with E-state index in [-0.39, 0.29) is 71.6 Å². The van der Waals surface area contributed by atoms with E-state index in [1.165, 1.54) is 84.9 Å². The van der Waals surface area contributed by atoms with Gasteiger partial charge in [0, 0.05) is 80.3 Å². The standard InChI is InChI=1S/C17H16FN3O4.C17H18FN3O2.C11H8FN3O2.C6H10O3.CH4/c18-13-3-1-11(2-4-13)14-5-6-15(21(23)24)16(19-14)20-17(22)12-7-9-25-10-8-12;18-13-3-1-11(2-4-13)15-6-5-14(19)16(20-15)21-17(22)12-7-9-23-10-8-12;12-8-3-1-7(2-4-8)9-5-6-10(15(16)17)11(13)14-9;7-6(8)5-1-3-9-4-2-5;/h1-6,12H,7-10H2,(H,19,20,22);1-6,12H,7-10,19H2,(H,20,21,22);1-6H,(H2,13,14);5H,1-4H2,(H,7,8);1H4. The van der Waals surface area contributed by atoms with Crippen LogP contribution in [0.15, 0.2) is 109 Å². The lowest BCUT2D eigenvalue weighted by molar-refractivity contribution is -0.384. The number of rotatable bonds is 10. The number of amides is 2. The summed E-state index contributed by atoms with van der Waals surface area (Å²) in [6.45, 7) is 3.38. The first-order valence-corrected chi connectivity index (χ1v) is 23.2. The molecule has 3 saturated heterocycles. The number of anilines is 4. The molecule has 3 aromatic heterocycles. The number of hydrogen-bond donors (Lipinski definition) is 5. The van der Waals surface area contributed by atoms with Crippen LogP contribution in [0.4, 0.5) is 47.7 Å². The van der Waals surface area contributed by atoms with E-state index < -0.39 is 21.6 Å². The van der Waals surface area contributed by atoms with Gasteiger partial charge in [-0.05, 0) is 136 Å². The Balaban J connectivity index is 0.000000193. The fraction of sp³-hybridized carbons (Fsp3) is 0.308. The van der Waals surface area contributed by atoms with Crippen LogP contribution in [0.5, 0.6) is 0 Å². The number of aromatic nitrogens is 3. The highest BCUT2D eigenvalue weighted by Crippen LogP contribution is 2.30. The van der Waals surface area contributed by atoms with Crippen molar-refractivity contribution in [2.45, 2.75) is 46.0 Å². The minimum atomic E-state index is -0.682. The van der Waals surface area contributed by atoms with Gasteiger partial charge in [0.05, 0.1) is 38.5 Å². The Labute approximate surface area is 429 Å². The molecule has 0 aliphatic carbocycles. The summed E-state index contributed by atoms with van der Waals surface area (Å²) in [6.07, 6.45) is 3.88. The number of pyridine rings is 3. The molecule has 396 valence electrons. The van der Waals surface area contributed by atoms with Crippen molar-refractivity contribution in [3.63, 3.8) is 0 Å². The number of carboxylic acids is 1. The lowest BCUT2D eigenvalue weighted by Gasteiger charge is -2.21. The van der Waals surface area contributed by atoms with Crippen LogP contribution in [0.2, 0.25) is 0 Å². The third kappa shape index (κ3) is 17.1. The number of carboxylic acid groups (broad SMARTS) is 1. The van der Waals surface area contributed by atoms with Crippen molar-refractivity contribution < 1.29 is 56.7 Å². The third-order valence-corrected chi connectivity index (χ3v) is 11.8. The molecule has 0 radical (unpaired) electrons. The molecule has 0 saturated carbocycles. The van der Waals surface area contributed by atoms with Gasteiger partial charge in [-0.25, -0.2) is 28.1 Å². The summed E-state index contributed by atoms with van der Waals surface area (Å²) in [7, 11) is 0. The molecule has 3 fully saturated rings. The maximum absolute atomic E-state index is 13.1. The van der Waals surface area contributed by atoms with Crippen LogP contribution in [0.25, 0.3) is 33.8 Å². The van der Waals surface area contributed by atoms with E-state index in [9.17, 15) is 47.8 Å². The summed E-state index contributed by atoms with van der Waals surface area (Å²) >= 11 is 0. The lowest BCUT2D eigenvalue weighted by Crippen LogP contribution is -2.29. The van der Waals surface area contributed by atoms with E-state index in [0.717, 1.165) is 5.56 Å². The van der Waals surface area contributed by atoms with Gasteiger partial charge in [0.1, 0.15) is 17.5 Å². The number of nitrogens with one attached hydrogen (secondary N) is 2. The highest BCUT2D eigenvalue weighted by Gasteiger charge is 2.26. The number of aliphatic carboxylic acids is 1. The Morgan fingerprint density at radius 3 is 1.20 bits per heavy atom. The molecule has 75 heavy (non-hydrogen) atoms. The zero-order valence-electron chi connectivity index (χ0n) is 39.7. The largest absolute Gasteiger partial charge is 0.481 e. The van der Waals surface area contributed by atoms with Crippen molar-refractivity contribution in [1.82, 2.24) is 15.0 Å². The molecule has 6 heterocycles. The SMILES string of the molecule is C.Nc1ccc(-c2ccc(F)cc2)nc1NC(=O)C1CCOCC1.Nc1nc(-c2ccc(F)cc2)ccc1[N+](=O)[O-].O=C(Nc1nc(-c2ccc(F)cc2)ccc1[N+](=O)[O-])C1CCOCC1.O=C(O)C1CCOCC1. The number of ether oxygens (including phenoxy) is 3. The second kappa shape index (κ2) is 28.2. The van der Waals surface area contributed by atoms with E-state index in [0.29, 0.717) is 118 Å². The molecule has 0 atom stereocenters. The van der Waals surface area contributed by atoms with Crippen molar-refractivity contribution in [1.29, 1.82) is 0 Å². The number of benzene rings is 3. The Bertz CT molecular complexity index is 2880. The highest BCUT2D eigenvalue weighted by atomic mass is 19.1. The van der Waals surface area contributed by atoms with Crippen LogP contribution < -0.4 is 22.1 Å². The second-order valence-corrected chi connectivity index (χ2v) is 16.8. The summed E-state index contributed by atoms with van der Waals surface area (Å²) in [5.41, 5.74) is 14.7. The number of halogens is 3. The first-order valence-electron chi connectivity index (χ1n) is 23.2. The Kier molecular flexibility index (Phi) is 21.6. The normalized spacial score (nSPS) is 14.6. The quantitative estimate of drug-likeness (QED) is 0.0630. The molecule has 0 unspecified atom stereocenters. The summed E-state index contributed by atoms with van der Waals surface area (Å²) in [5.74, 6) is -2.57. The molecule has 0 spiro atoms. The summed E-state index contributed by atoms with van der Waals surface area (Å²) in [5, 5.41) is 35.6. The maximum atomic E-state index is 13.1. The van der Waals surface area contributed by atoms with Gasteiger partial charge in [-0.15, -0.1) is 0 Å². The molecule has 23 heteroatoms. The van der Waals surface area contributed by atoms with Crippen molar-refractivity contribution in [2.75, 3.05) is 61.7 Å². The molecule has 0 bridgehead atoms. The van der Waals surface area contributed by atoms with E-state index >= 15 is 0 Å². The van der Waals surface area contributed by atoms with Crippen LogP contribution in [0.1, 0.15) is 46.0 Å². The van der Waals surface area contributed by atoms with E-state index in [1.54, 1.807) is 24.3 Å². The fourth-order valence-corrected chi connectivity index (χ4v) is 7.53. The third-order valence-electron chi connectivity index (χ3n) is 11.8. The highest BCUT2D eigenvalue weighted by molar-refractivity contribution is 5.95. The average Bonchev–Trinajstić information content (AvgIpc) is 3.41. The van der Waals surface area contributed by atoms with Crippen molar-refractivity contribution >= 4 is 52.3 Å². The number of hydrogen-bond acceptors (Lipinski definition) is 15. The van der Waals surface area contributed by atoms with Crippen LogP contribution >= 0.6 is 0 Å². The maximum Gasteiger partial charge on any atom is 0.311 e. The molecule has 3 aliphatic heterocycles. The predicted octanol–water partition coefficient (Wildman–Crippen LogP) is 9.51. The van der Waals surface area contributed by atoms with Gasteiger partial charge in [0.2, 0.25) is 23.5 Å². The van der Waals surface area contributed by atoms with Crippen molar-refractivity contribution in [3.8, 4) is 33.8 Å². The second-order valence-electron chi connectivity index (χ2n) is 16.8. The minimum Gasteiger partial charge on any atom is -0.481 e. The molecule has 20 nitrogen and oxygen atoms in total. The van der Waals surface area contributed by atoms with Gasteiger partial charge in [-0.2, -0.15) is 0 Å². The molecule has 9 rings (SSSR count). The zero-order valence-corrected chi connectivity index (χ0v) is 39.7. The Morgan fingerprint density at radius 2 is 0.840 bits per heavy atom. The number of nitrogens with zero attached hydrogens (tertiary/aromatic N) is 5.